The first kappa shape index (κ1) is 18.2. The number of rotatable bonds is 4. The fourth-order valence-corrected chi connectivity index (χ4v) is 3.90. The molecule has 0 aliphatic rings. The van der Waals surface area contributed by atoms with Crippen LogP contribution in [0, 0.1) is 13.8 Å². The summed E-state index contributed by atoms with van der Waals surface area (Å²) in [6, 6.07) is 20.2. The van der Waals surface area contributed by atoms with Crippen molar-refractivity contribution in [3.63, 3.8) is 0 Å². The molecule has 0 atom stereocenters. The molecule has 0 radical (unpaired) electrons. The van der Waals surface area contributed by atoms with Crippen molar-refractivity contribution in [3.05, 3.63) is 94.3 Å². The van der Waals surface area contributed by atoms with E-state index < -0.39 is 0 Å². The Labute approximate surface area is 173 Å². The Morgan fingerprint density at radius 3 is 2.57 bits per heavy atom. The Morgan fingerprint density at radius 1 is 0.900 bits per heavy atom. The standard InChI is InChI=1S/C24H21N5O/c1-16-10-11-21-20(15-16)27-22(29(21)18-7-4-3-5-8-18)12-14-28-23-19(9-6-13-25-23)26-17(2)24(28)30/h3-11,13,15H,12,14H2,1-2H3. The van der Waals surface area contributed by atoms with Crippen molar-refractivity contribution in [1.82, 2.24) is 24.1 Å². The van der Waals surface area contributed by atoms with Gasteiger partial charge in [0.05, 0.1) is 11.0 Å². The first-order chi connectivity index (χ1) is 14.6. The van der Waals surface area contributed by atoms with E-state index >= 15 is 0 Å². The second-order valence-electron chi connectivity index (χ2n) is 7.44. The molecular formula is C24H21N5O. The van der Waals surface area contributed by atoms with E-state index in [0.29, 0.717) is 24.3 Å². The minimum Gasteiger partial charge on any atom is -0.296 e. The van der Waals surface area contributed by atoms with Crippen LogP contribution in [-0.2, 0) is 13.0 Å². The van der Waals surface area contributed by atoms with E-state index in [1.807, 2.05) is 30.3 Å². The van der Waals surface area contributed by atoms with Gasteiger partial charge < -0.3 is 0 Å². The summed E-state index contributed by atoms with van der Waals surface area (Å²) in [5.41, 5.74) is 5.93. The van der Waals surface area contributed by atoms with Gasteiger partial charge in [-0.2, -0.15) is 0 Å². The third-order valence-corrected chi connectivity index (χ3v) is 5.32. The molecule has 3 heterocycles. The highest BCUT2D eigenvalue weighted by molar-refractivity contribution is 5.79. The second kappa shape index (κ2) is 7.22. The van der Waals surface area contributed by atoms with E-state index in [9.17, 15) is 4.79 Å². The third kappa shape index (κ3) is 3.06. The molecular weight excluding hydrogens is 374 g/mol. The second-order valence-corrected chi connectivity index (χ2v) is 7.44. The predicted molar refractivity (Wildman–Crippen MR) is 118 cm³/mol. The number of hydrogen-bond acceptors (Lipinski definition) is 4. The van der Waals surface area contributed by atoms with Crippen LogP contribution in [-0.4, -0.2) is 24.1 Å². The summed E-state index contributed by atoms with van der Waals surface area (Å²) in [4.78, 5) is 26.5. The maximum absolute atomic E-state index is 12.8. The lowest BCUT2D eigenvalue weighted by molar-refractivity contribution is 0.653. The van der Waals surface area contributed by atoms with Crippen molar-refractivity contribution in [2.75, 3.05) is 0 Å². The maximum Gasteiger partial charge on any atom is 0.273 e. The smallest absolute Gasteiger partial charge is 0.273 e. The summed E-state index contributed by atoms with van der Waals surface area (Å²) in [7, 11) is 0. The molecule has 5 rings (SSSR count). The first-order valence-corrected chi connectivity index (χ1v) is 9.97. The number of aryl methyl sites for hydroxylation is 4. The summed E-state index contributed by atoms with van der Waals surface area (Å²) in [5, 5.41) is 0. The largest absolute Gasteiger partial charge is 0.296 e. The molecule has 0 N–H and O–H groups in total. The third-order valence-electron chi connectivity index (χ3n) is 5.32. The quantitative estimate of drug-likeness (QED) is 0.462. The van der Waals surface area contributed by atoms with Crippen molar-refractivity contribution in [2.45, 2.75) is 26.8 Å². The van der Waals surface area contributed by atoms with Crippen molar-refractivity contribution in [1.29, 1.82) is 0 Å². The summed E-state index contributed by atoms with van der Waals surface area (Å²) in [6.45, 7) is 4.29. The van der Waals surface area contributed by atoms with Crippen LogP contribution in [0.1, 0.15) is 17.1 Å². The van der Waals surface area contributed by atoms with Crippen LogP contribution in [0.4, 0.5) is 0 Å². The van der Waals surface area contributed by atoms with Gasteiger partial charge in [0.1, 0.15) is 17.0 Å². The molecule has 6 nitrogen and oxygen atoms in total. The van der Waals surface area contributed by atoms with Gasteiger partial charge in [-0.3, -0.25) is 13.9 Å². The lowest BCUT2D eigenvalue weighted by Crippen LogP contribution is -2.26. The van der Waals surface area contributed by atoms with Gasteiger partial charge in [-0.15, -0.1) is 0 Å². The molecule has 0 aliphatic heterocycles. The minimum atomic E-state index is -0.112. The van der Waals surface area contributed by atoms with Crippen LogP contribution in [0.5, 0.6) is 0 Å². The number of fused-ring (bicyclic) bond motifs is 2. The molecule has 0 saturated heterocycles. The molecule has 2 aromatic carbocycles. The molecule has 5 aromatic rings. The molecule has 148 valence electrons. The Kier molecular flexibility index (Phi) is 4.39. The lowest BCUT2D eigenvalue weighted by Gasteiger charge is -2.12. The summed E-state index contributed by atoms with van der Waals surface area (Å²) < 4.78 is 3.88. The zero-order valence-electron chi connectivity index (χ0n) is 16.9. The minimum absolute atomic E-state index is 0.112. The van der Waals surface area contributed by atoms with Crippen LogP contribution < -0.4 is 5.56 Å². The highest BCUT2D eigenvalue weighted by atomic mass is 16.1. The van der Waals surface area contributed by atoms with Crippen LogP contribution >= 0.6 is 0 Å². The van der Waals surface area contributed by atoms with E-state index in [0.717, 1.165) is 28.1 Å². The zero-order valence-corrected chi connectivity index (χ0v) is 16.9. The fraction of sp³-hybridized carbons (Fsp3) is 0.167. The van der Waals surface area contributed by atoms with Gasteiger partial charge in [0.15, 0.2) is 5.65 Å². The Hall–Kier alpha value is -3.80. The number of para-hydroxylation sites is 1. The van der Waals surface area contributed by atoms with E-state index in [-0.39, 0.29) is 5.56 Å². The van der Waals surface area contributed by atoms with Gasteiger partial charge in [0, 0.05) is 24.8 Å². The van der Waals surface area contributed by atoms with Gasteiger partial charge in [0.2, 0.25) is 0 Å². The Balaban J connectivity index is 1.63. The van der Waals surface area contributed by atoms with E-state index in [4.69, 9.17) is 4.98 Å². The highest BCUT2D eigenvalue weighted by Gasteiger charge is 2.15. The number of aromatic nitrogens is 5. The molecule has 0 saturated carbocycles. The van der Waals surface area contributed by atoms with E-state index in [2.05, 4.69) is 51.8 Å². The number of hydrogen-bond donors (Lipinski definition) is 0. The van der Waals surface area contributed by atoms with Gasteiger partial charge in [-0.05, 0) is 55.8 Å². The van der Waals surface area contributed by atoms with Crippen LogP contribution in [0.25, 0.3) is 27.9 Å². The topological polar surface area (TPSA) is 65.6 Å². The SMILES string of the molecule is Cc1ccc2c(c1)nc(CCn1c(=O)c(C)nc3cccnc31)n2-c1ccccc1. The molecule has 0 aliphatic carbocycles. The van der Waals surface area contributed by atoms with E-state index in [1.54, 1.807) is 17.7 Å². The van der Waals surface area contributed by atoms with Crippen molar-refractivity contribution in [3.8, 4) is 5.69 Å². The zero-order chi connectivity index (χ0) is 20.7. The van der Waals surface area contributed by atoms with Crippen molar-refractivity contribution >= 4 is 22.2 Å². The summed E-state index contributed by atoms with van der Waals surface area (Å²) in [5.74, 6) is 0.909. The van der Waals surface area contributed by atoms with Gasteiger partial charge in [-0.25, -0.2) is 15.0 Å². The normalized spacial score (nSPS) is 11.4. The molecule has 0 spiro atoms. The molecule has 0 unspecified atom stereocenters. The van der Waals surface area contributed by atoms with Gasteiger partial charge in [-0.1, -0.05) is 24.3 Å². The number of nitrogens with zero attached hydrogens (tertiary/aromatic N) is 5. The Morgan fingerprint density at radius 2 is 1.73 bits per heavy atom. The molecule has 0 amide bonds. The number of pyridine rings is 1. The maximum atomic E-state index is 12.8. The van der Waals surface area contributed by atoms with Gasteiger partial charge in [0.25, 0.3) is 5.56 Å². The van der Waals surface area contributed by atoms with Crippen molar-refractivity contribution < 1.29 is 0 Å². The highest BCUT2D eigenvalue weighted by Crippen LogP contribution is 2.23. The monoisotopic (exact) mass is 395 g/mol. The van der Waals surface area contributed by atoms with Crippen molar-refractivity contribution in [2.24, 2.45) is 0 Å². The number of benzene rings is 2. The molecule has 6 heteroatoms. The van der Waals surface area contributed by atoms with Gasteiger partial charge >= 0.3 is 0 Å². The predicted octanol–water partition coefficient (Wildman–Crippen LogP) is 3.99. The summed E-state index contributed by atoms with van der Waals surface area (Å²) >= 11 is 0. The van der Waals surface area contributed by atoms with Crippen LogP contribution in [0.3, 0.4) is 0 Å². The Bertz CT molecular complexity index is 1430. The number of imidazole rings is 1. The fourth-order valence-electron chi connectivity index (χ4n) is 3.90. The first-order valence-electron chi connectivity index (χ1n) is 9.97. The molecule has 3 aromatic heterocycles. The molecule has 30 heavy (non-hydrogen) atoms. The van der Waals surface area contributed by atoms with E-state index in [1.165, 1.54) is 5.56 Å². The molecule has 0 bridgehead atoms. The molecule has 0 fully saturated rings. The summed E-state index contributed by atoms with van der Waals surface area (Å²) in [6.07, 6.45) is 2.29. The average Bonchev–Trinajstić information content (AvgIpc) is 3.12. The lowest BCUT2D eigenvalue weighted by atomic mass is 10.2. The van der Waals surface area contributed by atoms with Crippen LogP contribution in [0.2, 0.25) is 0 Å². The average molecular weight is 395 g/mol. The van der Waals surface area contributed by atoms with Crippen LogP contribution in [0.15, 0.2) is 71.7 Å².